The van der Waals surface area contributed by atoms with Crippen LogP contribution in [0.5, 0.6) is 0 Å². The summed E-state index contributed by atoms with van der Waals surface area (Å²) in [4.78, 5) is 33.0. The third kappa shape index (κ3) is 5.15. The van der Waals surface area contributed by atoms with Crippen molar-refractivity contribution < 1.29 is 4.39 Å². The average molecular weight is 489 g/mol. The van der Waals surface area contributed by atoms with Crippen LogP contribution in [0, 0.1) is 22.6 Å². The Kier molecular flexibility index (Phi) is 7.48. The fourth-order valence-electron chi connectivity index (χ4n) is 4.29. The van der Waals surface area contributed by atoms with Crippen molar-refractivity contribution in [2.75, 3.05) is 5.32 Å². The number of halogens is 1. The van der Waals surface area contributed by atoms with Crippen LogP contribution < -0.4 is 10.9 Å². The molecule has 0 spiro atoms. The maximum atomic E-state index is 13.2. The first-order chi connectivity index (χ1) is 17.4. The molecule has 2 aliphatic rings. The molecule has 3 N–H and O–H groups in total. The Labute approximate surface area is 208 Å². The van der Waals surface area contributed by atoms with Crippen molar-refractivity contribution in [2.45, 2.75) is 70.3 Å². The summed E-state index contributed by atoms with van der Waals surface area (Å²) in [6, 6.07) is 5.49. The fourth-order valence-corrected chi connectivity index (χ4v) is 4.29. The van der Waals surface area contributed by atoms with Crippen molar-refractivity contribution in [1.29, 1.82) is 10.7 Å². The minimum atomic E-state index is -0.556. The van der Waals surface area contributed by atoms with Crippen molar-refractivity contribution in [1.82, 2.24) is 24.9 Å². The van der Waals surface area contributed by atoms with Crippen LogP contribution in [0.25, 0.3) is 0 Å². The van der Waals surface area contributed by atoms with Gasteiger partial charge in [-0.25, -0.2) is 19.3 Å². The average Bonchev–Trinajstić information content (AvgIpc) is 3.71. The van der Waals surface area contributed by atoms with E-state index in [-0.39, 0.29) is 29.3 Å². The molecule has 2 saturated carbocycles. The number of nitrogens with one attached hydrogen (secondary N) is 3. The molecular weight excluding hydrogens is 459 g/mol. The molecule has 0 amide bonds. The molecule has 3 unspecified atom stereocenters. The highest BCUT2D eigenvalue weighted by molar-refractivity contribution is 6.12. The van der Waals surface area contributed by atoms with E-state index in [1.54, 1.807) is 6.07 Å². The Morgan fingerprint density at radius 1 is 1.14 bits per heavy atom. The first-order valence-corrected chi connectivity index (χ1v) is 12.3. The highest BCUT2D eigenvalue weighted by Gasteiger charge is 2.38. The zero-order valence-electron chi connectivity index (χ0n) is 20.5. The monoisotopic (exact) mass is 488 g/mol. The van der Waals surface area contributed by atoms with Crippen molar-refractivity contribution in [3.05, 3.63) is 75.4 Å². The number of anilines is 1. The second kappa shape index (κ2) is 10.7. The van der Waals surface area contributed by atoms with Gasteiger partial charge in [0.15, 0.2) is 5.82 Å². The summed E-state index contributed by atoms with van der Waals surface area (Å²) in [6.45, 7) is 5.91. The van der Waals surface area contributed by atoms with Crippen LogP contribution in [0.3, 0.4) is 0 Å². The second-order valence-corrected chi connectivity index (χ2v) is 8.87. The zero-order valence-corrected chi connectivity index (χ0v) is 20.5. The largest absolute Gasteiger partial charge is 0.363 e. The van der Waals surface area contributed by atoms with Gasteiger partial charge in [0.2, 0.25) is 0 Å². The van der Waals surface area contributed by atoms with Crippen LogP contribution in [0.1, 0.15) is 98.7 Å². The predicted octanol–water partition coefficient (Wildman–Crippen LogP) is 4.72. The summed E-state index contributed by atoms with van der Waals surface area (Å²) in [5.41, 5.74) is 0.861. The minimum Gasteiger partial charge on any atom is -0.363 e. The fraction of sp³-hybridized carbons (Fsp3) is 0.423. The molecule has 3 heterocycles. The summed E-state index contributed by atoms with van der Waals surface area (Å²) >= 11 is 0. The van der Waals surface area contributed by atoms with Crippen LogP contribution in [-0.2, 0) is 0 Å². The van der Waals surface area contributed by atoms with E-state index in [2.05, 4.69) is 30.2 Å². The molecule has 0 saturated heterocycles. The Bertz CT molecular complexity index is 1330. The summed E-state index contributed by atoms with van der Waals surface area (Å²) < 4.78 is 13.2. The molecule has 9 nitrogen and oxygen atoms in total. The van der Waals surface area contributed by atoms with E-state index in [9.17, 15) is 14.4 Å². The number of hydrogen-bond donors (Lipinski definition) is 3. The van der Waals surface area contributed by atoms with E-state index < -0.39 is 17.1 Å². The maximum absolute atomic E-state index is 13.2. The lowest BCUT2D eigenvalue weighted by molar-refractivity contribution is 0.317. The number of nitrogens with zero attached hydrogens (tertiary/aromatic N) is 5. The first kappa shape index (κ1) is 25.1. The van der Waals surface area contributed by atoms with Gasteiger partial charge in [-0.15, -0.1) is 0 Å². The van der Waals surface area contributed by atoms with Gasteiger partial charge in [-0.05, 0) is 44.2 Å². The number of rotatable bonds is 7. The number of aromatic nitrogens is 5. The number of aromatic amines is 1. The van der Waals surface area contributed by atoms with Crippen molar-refractivity contribution in [3.63, 3.8) is 0 Å². The first-order valence-electron chi connectivity index (χ1n) is 12.3. The zero-order chi connectivity index (χ0) is 25.8. The van der Waals surface area contributed by atoms with Crippen molar-refractivity contribution in [2.24, 2.45) is 0 Å². The van der Waals surface area contributed by atoms with Crippen LogP contribution in [0.4, 0.5) is 10.2 Å². The van der Waals surface area contributed by atoms with Gasteiger partial charge < -0.3 is 10.3 Å². The normalized spacial score (nSPS) is 19.2. The third-order valence-electron chi connectivity index (χ3n) is 6.56. The number of hydrogen-bond acceptors (Lipinski definition) is 8. The molecule has 3 aromatic rings. The lowest BCUT2D eigenvalue weighted by atomic mass is 9.72. The predicted molar refractivity (Wildman–Crippen MR) is 134 cm³/mol. The molecule has 0 aliphatic heterocycles. The Morgan fingerprint density at radius 2 is 1.83 bits per heavy atom. The van der Waals surface area contributed by atoms with Crippen LogP contribution >= 0.6 is 0 Å². The van der Waals surface area contributed by atoms with Crippen LogP contribution in [0.15, 0.2) is 35.5 Å². The maximum Gasteiger partial charge on any atom is 0.263 e. The smallest absolute Gasteiger partial charge is 0.263 e. The second-order valence-electron chi connectivity index (χ2n) is 8.87. The molecule has 186 valence electrons. The van der Waals surface area contributed by atoms with E-state index in [0.29, 0.717) is 17.6 Å². The van der Waals surface area contributed by atoms with Gasteiger partial charge in [0.25, 0.3) is 5.56 Å². The summed E-state index contributed by atoms with van der Waals surface area (Å²) in [5.74, 6) is 0.894. The summed E-state index contributed by atoms with van der Waals surface area (Å²) in [7, 11) is 0. The Morgan fingerprint density at radius 3 is 2.39 bits per heavy atom. The van der Waals surface area contributed by atoms with Crippen molar-refractivity contribution >= 4 is 11.5 Å². The van der Waals surface area contributed by atoms with E-state index in [1.807, 2.05) is 39.1 Å². The molecule has 0 bridgehead atoms. The highest BCUT2D eigenvalue weighted by atomic mass is 19.1. The molecule has 36 heavy (non-hydrogen) atoms. The lowest BCUT2D eigenvalue weighted by Crippen LogP contribution is -2.30. The number of pyridine rings is 1. The van der Waals surface area contributed by atoms with Gasteiger partial charge in [-0.1, -0.05) is 19.9 Å². The molecular formula is C26H29FN8O. The quantitative estimate of drug-likeness (QED) is 0.408. The lowest BCUT2D eigenvalue weighted by Gasteiger charge is -2.34. The van der Waals surface area contributed by atoms with Gasteiger partial charge in [0.05, 0.1) is 18.4 Å². The minimum absolute atomic E-state index is 0.102. The van der Waals surface area contributed by atoms with Crippen LogP contribution in [0.2, 0.25) is 0 Å². The number of H-pyrrole nitrogens is 1. The molecule has 3 atom stereocenters. The summed E-state index contributed by atoms with van der Waals surface area (Å²) in [6.07, 6.45) is 7.95. The highest BCUT2D eigenvalue weighted by Crippen LogP contribution is 2.46. The standard InChI is InChI=1S/C24H23FN8O.C2H6/c1-12(14-4-7-19(28-9-14)13-2-3-13)31-23-20(18(27)8-26)24(34)33-22(32-23)17-6-5-16(17)21-29-10-15(25)11-30-21;1-2/h4,7,9-13,16-17,27H,2-3,5-6H2,1H3,(H2,31,32,33,34);1-2H3. The molecule has 2 fully saturated rings. The van der Waals surface area contributed by atoms with E-state index in [4.69, 9.17) is 5.41 Å². The third-order valence-corrected chi connectivity index (χ3v) is 6.56. The van der Waals surface area contributed by atoms with Gasteiger partial charge in [0.1, 0.15) is 34.8 Å². The van der Waals surface area contributed by atoms with Gasteiger partial charge >= 0.3 is 0 Å². The SMILES string of the molecule is CC.CC(Nc1nc(C2CCC2c2ncc(F)cn2)[nH]c(=O)c1C(=N)C#N)c1ccc(C2CC2)nc1. The number of nitriles is 1. The van der Waals surface area contributed by atoms with Crippen molar-refractivity contribution in [3.8, 4) is 6.07 Å². The Balaban J connectivity index is 0.00000148. The topological polar surface area (TPSA) is 144 Å². The van der Waals surface area contributed by atoms with Gasteiger partial charge in [-0.3, -0.25) is 15.2 Å². The molecule has 2 aliphatic carbocycles. The van der Waals surface area contributed by atoms with E-state index in [0.717, 1.165) is 36.5 Å². The summed E-state index contributed by atoms with van der Waals surface area (Å²) in [5, 5.41) is 20.5. The molecule has 0 aromatic carbocycles. The molecule has 3 aromatic heterocycles. The van der Waals surface area contributed by atoms with Gasteiger partial charge in [0, 0.05) is 29.6 Å². The Hall–Kier alpha value is -4.00. The van der Waals surface area contributed by atoms with Gasteiger partial charge in [-0.2, -0.15) is 5.26 Å². The molecule has 5 rings (SSSR count). The molecule has 0 radical (unpaired) electrons. The molecule has 10 heteroatoms. The van der Waals surface area contributed by atoms with E-state index in [1.165, 1.54) is 12.8 Å². The van der Waals surface area contributed by atoms with E-state index >= 15 is 0 Å². The van der Waals surface area contributed by atoms with Crippen LogP contribution in [-0.4, -0.2) is 30.6 Å².